The number of carbonyl (C=O) groups is 11. The van der Waals surface area contributed by atoms with Crippen LogP contribution in [0.1, 0.15) is 67.2 Å². The number of carbonyl (C=O) groups excluding carboxylic acids is 9. The number of aliphatic hydroxyl groups excluding tert-OH is 1. The molecule has 9 amide bonds. The van der Waals surface area contributed by atoms with Crippen LogP contribution in [0.2, 0.25) is 0 Å². The molecule has 24 nitrogen and oxygen atoms in total. The van der Waals surface area contributed by atoms with Crippen molar-refractivity contribution in [1.82, 2.24) is 42.5 Å². The molecule has 328 valence electrons. The average molecular weight is 831 g/mol. The van der Waals surface area contributed by atoms with Gasteiger partial charge >= 0.3 is 11.9 Å². The van der Waals surface area contributed by atoms with E-state index in [2.05, 4.69) is 42.5 Å². The monoisotopic (exact) mass is 830 g/mol. The molecule has 0 saturated heterocycles. The lowest BCUT2D eigenvalue weighted by Crippen LogP contribution is -2.61. The number of amides is 9. The summed E-state index contributed by atoms with van der Waals surface area (Å²) in [7, 11) is 0. The Hall–Kier alpha value is -5.91. The number of carboxylic acid groups (broad SMARTS) is 2. The minimum atomic E-state index is -1.85. The summed E-state index contributed by atoms with van der Waals surface area (Å²) in [5, 5.41) is 46.1. The molecule has 0 saturated carbocycles. The number of nitrogens with one attached hydrogen (secondary N) is 8. The van der Waals surface area contributed by atoms with Crippen molar-refractivity contribution in [3.63, 3.8) is 0 Å². The maximum Gasteiger partial charge on any atom is 0.328 e. The van der Waals surface area contributed by atoms with Gasteiger partial charge in [-0.05, 0) is 30.6 Å². The minimum Gasteiger partial charge on any atom is -0.481 e. The SMILES string of the molecule is CC(C)CC(NC(=O)C(CC(C)C)NC(=O)C(NC(=O)C(CC(N)=O)NC(=O)C(CC(=O)O)NC(=O)CNC(=O)CNC(=O)CN)C(C)C)C(=O)NC(CO)C(=O)O. The third kappa shape index (κ3) is 20.8. The number of aliphatic hydroxyl groups is 1. The van der Waals surface area contributed by atoms with Crippen LogP contribution in [-0.4, -0.2) is 143 Å². The van der Waals surface area contributed by atoms with Crippen LogP contribution in [0.3, 0.4) is 0 Å². The second-order valence-corrected chi connectivity index (χ2v) is 14.4. The maximum atomic E-state index is 13.7. The summed E-state index contributed by atoms with van der Waals surface area (Å²) in [6.07, 6.45) is -1.77. The largest absolute Gasteiger partial charge is 0.481 e. The second-order valence-electron chi connectivity index (χ2n) is 14.4. The molecule has 0 aromatic carbocycles. The average Bonchev–Trinajstić information content (AvgIpc) is 3.11. The predicted octanol–water partition coefficient (Wildman–Crippen LogP) is -5.74. The van der Waals surface area contributed by atoms with E-state index in [1.54, 1.807) is 27.7 Å². The van der Waals surface area contributed by atoms with Crippen LogP contribution < -0.4 is 54.0 Å². The Bertz CT molecular complexity index is 1510. The summed E-state index contributed by atoms with van der Waals surface area (Å²) in [4.78, 5) is 137. The smallest absolute Gasteiger partial charge is 0.328 e. The highest BCUT2D eigenvalue weighted by atomic mass is 16.4. The van der Waals surface area contributed by atoms with Gasteiger partial charge in [-0.2, -0.15) is 0 Å². The third-order valence-corrected chi connectivity index (χ3v) is 7.87. The van der Waals surface area contributed by atoms with E-state index in [4.69, 9.17) is 11.5 Å². The first kappa shape index (κ1) is 52.1. The van der Waals surface area contributed by atoms with Crippen molar-refractivity contribution in [2.45, 2.75) is 103 Å². The summed E-state index contributed by atoms with van der Waals surface area (Å²) < 4.78 is 0. The topological polar surface area (TPSA) is 397 Å². The Balaban J connectivity index is 6.12. The third-order valence-electron chi connectivity index (χ3n) is 7.87. The Labute approximate surface area is 334 Å². The lowest BCUT2D eigenvalue weighted by atomic mass is 9.98. The van der Waals surface area contributed by atoms with Gasteiger partial charge in [-0.1, -0.05) is 41.5 Å². The van der Waals surface area contributed by atoms with Gasteiger partial charge < -0.3 is 69.3 Å². The van der Waals surface area contributed by atoms with E-state index in [1.807, 2.05) is 0 Å². The molecule has 0 aromatic rings. The number of primary amides is 1. The van der Waals surface area contributed by atoms with E-state index >= 15 is 0 Å². The molecule has 0 aliphatic rings. The van der Waals surface area contributed by atoms with Gasteiger partial charge in [0.2, 0.25) is 53.2 Å². The van der Waals surface area contributed by atoms with E-state index in [-0.39, 0.29) is 24.7 Å². The predicted molar refractivity (Wildman–Crippen MR) is 201 cm³/mol. The Morgan fingerprint density at radius 3 is 1.36 bits per heavy atom. The molecule has 0 aliphatic carbocycles. The van der Waals surface area contributed by atoms with Gasteiger partial charge in [0.05, 0.1) is 39.1 Å². The first-order chi connectivity index (χ1) is 26.9. The van der Waals surface area contributed by atoms with Crippen molar-refractivity contribution in [2.24, 2.45) is 29.2 Å². The molecule has 15 N–H and O–H groups in total. The van der Waals surface area contributed by atoms with Gasteiger partial charge in [0.1, 0.15) is 36.3 Å². The standard InChI is InChI=1S/C34H58N10O14/c1-15(2)7-18(30(53)43-22(14-45)34(57)58)40-29(52)19(8-16(3)4)42-33(56)28(17(5)6)44-32(55)20(9-23(36)46)41-31(54)21(10-27(50)51)39-26(49)13-38-25(48)12-37-24(47)11-35/h15-22,28,45H,7-14,35H2,1-6H3,(H2,36,46)(H,37,47)(H,38,48)(H,39,49)(H,40,52)(H,41,54)(H,42,56)(H,43,53)(H,44,55)(H,50,51)(H,57,58). The van der Waals surface area contributed by atoms with Crippen LogP contribution in [-0.2, 0) is 52.7 Å². The quantitative estimate of drug-likeness (QED) is 0.0367. The number of rotatable bonds is 27. The minimum absolute atomic E-state index is 0.0340. The van der Waals surface area contributed by atoms with Crippen molar-refractivity contribution in [3.05, 3.63) is 0 Å². The molecule has 0 spiro atoms. The van der Waals surface area contributed by atoms with Crippen LogP contribution in [0.5, 0.6) is 0 Å². The van der Waals surface area contributed by atoms with E-state index in [1.165, 1.54) is 13.8 Å². The number of aliphatic carboxylic acids is 2. The van der Waals surface area contributed by atoms with Gasteiger partial charge in [-0.15, -0.1) is 0 Å². The highest BCUT2D eigenvalue weighted by molar-refractivity contribution is 5.99. The van der Waals surface area contributed by atoms with Gasteiger partial charge in [-0.3, -0.25) is 47.9 Å². The van der Waals surface area contributed by atoms with E-state index < -0.39 is 146 Å². The van der Waals surface area contributed by atoms with Crippen LogP contribution in [0.4, 0.5) is 0 Å². The zero-order chi connectivity index (χ0) is 44.9. The number of nitrogens with two attached hydrogens (primary N) is 2. The first-order valence-electron chi connectivity index (χ1n) is 18.3. The van der Waals surface area contributed by atoms with Crippen molar-refractivity contribution >= 4 is 65.1 Å². The zero-order valence-electron chi connectivity index (χ0n) is 33.3. The molecule has 0 heterocycles. The molecular formula is C34H58N10O14. The van der Waals surface area contributed by atoms with Crippen LogP contribution >= 0.6 is 0 Å². The van der Waals surface area contributed by atoms with Crippen molar-refractivity contribution in [2.75, 3.05) is 26.2 Å². The number of carboxylic acids is 2. The fraction of sp³-hybridized carbons (Fsp3) is 0.676. The van der Waals surface area contributed by atoms with E-state index in [0.29, 0.717) is 0 Å². The van der Waals surface area contributed by atoms with Gasteiger partial charge in [0.15, 0.2) is 0 Å². The lowest BCUT2D eigenvalue weighted by Gasteiger charge is -2.29. The number of hydrogen-bond donors (Lipinski definition) is 13. The summed E-state index contributed by atoms with van der Waals surface area (Å²) in [5.74, 6) is -12.8. The molecule has 0 rings (SSSR count). The van der Waals surface area contributed by atoms with Gasteiger partial charge in [0, 0.05) is 0 Å². The lowest BCUT2D eigenvalue weighted by molar-refractivity contribution is -0.143. The Morgan fingerprint density at radius 2 is 0.931 bits per heavy atom. The Morgan fingerprint density at radius 1 is 0.517 bits per heavy atom. The molecule has 6 unspecified atom stereocenters. The van der Waals surface area contributed by atoms with Crippen molar-refractivity contribution < 1.29 is 68.1 Å². The number of hydrogen-bond acceptors (Lipinski definition) is 13. The van der Waals surface area contributed by atoms with Crippen LogP contribution in [0.15, 0.2) is 0 Å². The van der Waals surface area contributed by atoms with E-state index in [9.17, 15) is 68.1 Å². The normalized spacial score (nSPS) is 14.1. The fourth-order valence-corrected chi connectivity index (χ4v) is 4.99. The molecule has 0 aliphatic heterocycles. The summed E-state index contributed by atoms with van der Waals surface area (Å²) >= 11 is 0. The highest BCUT2D eigenvalue weighted by Crippen LogP contribution is 2.11. The van der Waals surface area contributed by atoms with Crippen LogP contribution in [0.25, 0.3) is 0 Å². The highest BCUT2D eigenvalue weighted by Gasteiger charge is 2.35. The molecule has 6 atom stereocenters. The zero-order valence-corrected chi connectivity index (χ0v) is 33.3. The van der Waals surface area contributed by atoms with Crippen molar-refractivity contribution in [1.29, 1.82) is 0 Å². The van der Waals surface area contributed by atoms with Crippen LogP contribution in [0, 0.1) is 17.8 Å². The fourth-order valence-electron chi connectivity index (χ4n) is 4.99. The second kappa shape index (κ2) is 26.1. The molecular weight excluding hydrogens is 772 g/mol. The summed E-state index contributed by atoms with van der Waals surface area (Å²) in [5.41, 5.74) is 10.4. The molecule has 0 bridgehead atoms. The maximum absolute atomic E-state index is 13.7. The summed E-state index contributed by atoms with van der Waals surface area (Å²) in [6.45, 7) is 7.41. The first-order valence-corrected chi connectivity index (χ1v) is 18.3. The molecule has 24 heteroatoms. The van der Waals surface area contributed by atoms with Crippen molar-refractivity contribution in [3.8, 4) is 0 Å². The Kier molecular flexibility index (Phi) is 23.4. The molecule has 0 radical (unpaired) electrons. The molecule has 0 aromatic heterocycles. The van der Waals surface area contributed by atoms with E-state index in [0.717, 1.165) is 0 Å². The molecule has 58 heavy (non-hydrogen) atoms. The van der Waals surface area contributed by atoms with Gasteiger partial charge in [0.25, 0.3) is 0 Å². The molecule has 0 fully saturated rings. The van der Waals surface area contributed by atoms with Gasteiger partial charge in [-0.25, -0.2) is 4.79 Å². The summed E-state index contributed by atoms with van der Waals surface area (Å²) in [6, 6.07) is -9.29.